The Kier molecular flexibility index (Phi) is 5.62. The van der Waals surface area contributed by atoms with Crippen LogP contribution in [-0.2, 0) is 16.1 Å². The molecule has 4 nitrogen and oxygen atoms in total. The summed E-state index contributed by atoms with van der Waals surface area (Å²) in [6, 6.07) is 2.09. The maximum absolute atomic E-state index is 12.6. The van der Waals surface area contributed by atoms with Gasteiger partial charge in [0, 0.05) is 36.9 Å². The maximum atomic E-state index is 12.6. The second kappa shape index (κ2) is 7.27. The minimum Gasteiger partial charge on any atom is -0.342 e. The van der Waals surface area contributed by atoms with Crippen LogP contribution in [0.1, 0.15) is 37.1 Å². The second-order valence-corrected chi connectivity index (χ2v) is 7.48. The first kappa shape index (κ1) is 17.0. The number of likely N-dealkylation sites (tertiary alicyclic amines) is 1. The second-order valence-electron chi connectivity index (χ2n) is 6.48. The smallest absolute Gasteiger partial charge is 0.225 e. The van der Waals surface area contributed by atoms with Crippen molar-refractivity contribution in [3.05, 3.63) is 21.9 Å². The summed E-state index contributed by atoms with van der Waals surface area (Å²) < 4.78 is 0. The third kappa shape index (κ3) is 3.88. The Labute approximate surface area is 137 Å². The molecule has 5 heteroatoms. The lowest BCUT2D eigenvalue weighted by molar-refractivity contribution is -0.141. The highest BCUT2D eigenvalue weighted by Crippen LogP contribution is 2.23. The number of piperidine rings is 1. The molecule has 0 radical (unpaired) electrons. The minimum absolute atomic E-state index is 0.0386. The van der Waals surface area contributed by atoms with Gasteiger partial charge in [-0.3, -0.25) is 9.59 Å². The van der Waals surface area contributed by atoms with E-state index in [4.69, 9.17) is 0 Å². The summed E-state index contributed by atoms with van der Waals surface area (Å²) in [6.07, 6.45) is 1.57. The van der Waals surface area contributed by atoms with Gasteiger partial charge in [0.05, 0.1) is 6.54 Å². The summed E-state index contributed by atoms with van der Waals surface area (Å²) in [4.78, 5) is 29.6. The number of hydrogen-bond acceptors (Lipinski definition) is 3. The van der Waals surface area contributed by atoms with Crippen LogP contribution in [0.5, 0.6) is 0 Å². The van der Waals surface area contributed by atoms with Crippen molar-refractivity contribution >= 4 is 23.2 Å². The molecule has 1 aromatic heterocycles. The number of carbonyl (C=O) groups is 2. The first-order chi connectivity index (χ1) is 10.4. The summed E-state index contributed by atoms with van der Waals surface area (Å²) in [6.45, 7) is 8.04. The van der Waals surface area contributed by atoms with Gasteiger partial charge in [-0.15, -0.1) is 11.3 Å². The van der Waals surface area contributed by atoms with E-state index in [0.717, 1.165) is 12.8 Å². The normalized spacial score (nSPS) is 16.1. The molecule has 0 bridgehead atoms. The van der Waals surface area contributed by atoms with Gasteiger partial charge in [-0.1, -0.05) is 13.8 Å². The number of rotatable bonds is 4. The first-order valence-electron chi connectivity index (χ1n) is 7.97. The third-order valence-electron chi connectivity index (χ3n) is 4.37. The zero-order valence-electron chi connectivity index (χ0n) is 14.0. The average molecular weight is 322 g/mol. The summed E-state index contributed by atoms with van der Waals surface area (Å²) in [5.74, 6) is 0.510. The van der Waals surface area contributed by atoms with Crippen molar-refractivity contribution in [1.29, 1.82) is 0 Å². The molecule has 2 amide bonds. The van der Waals surface area contributed by atoms with E-state index >= 15 is 0 Å². The molecule has 1 aromatic rings. The van der Waals surface area contributed by atoms with E-state index in [1.54, 1.807) is 11.3 Å². The molecule has 0 unspecified atom stereocenters. The van der Waals surface area contributed by atoms with E-state index < -0.39 is 0 Å². The molecule has 2 rings (SSSR count). The van der Waals surface area contributed by atoms with Crippen molar-refractivity contribution in [2.24, 2.45) is 11.8 Å². The fourth-order valence-corrected chi connectivity index (χ4v) is 3.84. The number of aryl methyl sites for hydroxylation is 1. The van der Waals surface area contributed by atoms with E-state index in [1.807, 2.05) is 30.7 Å². The van der Waals surface area contributed by atoms with Gasteiger partial charge in [0.1, 0.15) is 0 Å². The zero-order chi connectivity index (χ0) is 16.3. The molecule has 0 N–H and O–H groups in total. The molecule has 0 saturated carbocycles. The molecule has 0 spiro atoms. The van der Waals surface area contributed by atoms with Crippen molar-refractivity contribution in [3.8, 4) is 0 Å². The molecule has 0 atom stereocenters. The van der Waals surface area contributed by atoms with Gasteiger partial charge in [0.15, 0.2) is 0 Å². The van der Waals surface area contributed by atoms with Crippen LogP contribution in [0.3, 0.4) is 0 Å². The molecule has 2 heterocycles. The predicted octanol–water partition coefficient (Wildman–Crippen LogP) is 2.91. The van der Waals surface area contributed by atoms with Gasteiger partial charge < -0.3 is 9.80 Å². The van der Waals surface area contributed by atoms with Gasteiger partial charge in [-0.2, -0.15) is 0 Å². The van der Waals surface area contributed by atoms with Crippen molar-refractivity contribution < 1.29 is 9.59 Å². The van der Waals surface area contributed by atoms with Gasteiger partial charge in [0.25, 0.3) is 0 Å². The molecular weight excluding hydrogens is 296 g/mol. The van der Waals surface area contributed by atoms with E-state index in [1.165, 1.54) is 10.4 Å². The molecule has 0 aromatic carbocycles. The molecule has 122 valence electrons. The van der Waals surface area contributed by atoms with Crippen LogP contribution >= 0.6 is 11.3 Å². The third-order valence-corrected chi connectivity index (χ3v) is 5.38. The highest BCUT2D eigenvalue weighted by molar-refractivity contribution is 7.10. The van der Waals surface area contributed by atoms with E-state index in [9.17, 15) is 9.59 Å². The fraction of sp³-hybridized carbons (Fsp3) is 0.647. The number of nitrogens with zero attached hydrogens (tertiary/aromatic N) is 2. The van der Waals surface area contributed by atoms with Crippen LogP contribution in [0.4, 0.5) is 0 Å². The molecule has 22 heavy (non-hydrogen) atoms. The van der Waals surface area contributed by atoms with Crippen LogP contribution in [-0.4, -0.2) is 41.8 Å². The van der Waals surface area contributed by atoms with Crippen LogP contribution in [0.2, 0.25) is 0 Å². The Morgan fingerprint density at radius 1 is 1.36 bits per heavy atom. The van der Waals surface area contributed by atoms with Gasteiger partial charge in [-0.05, 0) is 36.8 Å². The summed E-state index contributed by atoms with van der Waals surface area (Å²) in [5.41, 5.74) is 1.25. The van der Waals surface area contributed by atoms with Gasteiger partial charge in [0.2, 0.25) is 11.8 Å². The zero-order valence-corrected chi connectivity index (χ0v) is 14.8. The molecule has 1 fully saturated rings. The Morgan fingerprint density at radius 2 is 2.00 bits per heavy atom. The number of hydrogen-bond donors (Lipinski definition) is 0. The van der Waals surface area contributed by atoms with Crippen molar-refractivity contribution in [3.63, 3.8) is 0 Å². The van der Waals surface area contributed by atoms with E-state index in [2.05, 4.69) is 18.4 Å². The summed E-state index contributed by atoms with van der Waals surface area (Å²) in [7, 11) is 1.88. The van der Waals surface area contributed by atoms with Crippen LogP contribution < -0.4 is 0 Å². The largest absolute Gasteiger partial charge is 0.342 e. The van der Waals surface area contributed by atoms with Crippen molar-refractivity contribution in [2.75, 3.05) is 20.1 Å². The Morgan fingerprint density at radius 3 is 2.50 bits per heavy atom. The first-order valence-corrected chi connectivity index (χ1v) is 8.84. The highest BCUT2D eigenvalue weighted by atomic mass is 32.1. The van der Waals surface area contributed by atoms with Crippen molar-refractivity contribution in [1.82, 2.24) is 9.80 Å². The van der Waals surface area contributed by atoms with Gasteiger partial charge >= 0.3 is 0 Å². The monoisotopic (exact) mass is 322 g/mol. The minimum atomic E-state index is 0.0386. The molecule has 1 saturated heterocycles. The molecule has 0 aliphatic carbocycles. The van der Waals surface area contributed by atoms with Crippen molar-refractivity contribution in [2.45, 2.75) is 40.2 Å². The number of carbonyl (C=O) groups excluding carboxylic acids is 2. The Balaban J connectivity index is 1.87. The average Bonchev–Trinajstić information content (AvgIpc) is 2.91. The summed E-state index contributed by atoms with van der Waals surface area (Å²) >= 11 is 1.70. The Bertz CT molecular complexity index is 531. The molecule has 1 aliphatic rings. The van der Waals surface area contributed by atoms with E-state index in [-0.39, 0.29) is 23.7 Å². The lowest BCUT2D eigenvalue weighted by Crippen LogP contribution is -2.44. The number of thiophene rings is 1. The summed E-state index contributed by atoms with van der Waals surface area (Å²) in [5, 5.41) is 2.07. The lowest BCUT2D eigenvalue weighted by atomic mass is 9.94. The van der Waals surface area contributed by atoms with Gasteiger partial charge in [-0.25, -0.2) is 0 Å². The Hall–Kier alpha value is -1.36. The topological polar surface area (TPSA) is 40.6 Å². The SMILES string of the molecule is Cc1ccsc1CN(C)C(=O)C1CCN(C(=O)C(C)C)CC1. The lowest BCUT2D eigenvalue weighted by Gasteiger charge is -2.34. The fourth-order valence-electron chi connectivity index (χ4n) is 2.88. The molecular formula is C17H26N2O2S. The van der Waals surface area contributed by atoms with Crippen LogP contribution in [0.15, 0.2) is 11.4 Å². The maximum Gasteiger partial charge on any atom is 0.225 e. The molecule has 1 aliphatic heterocycles. The highest BCUT2D eigenvalue weighted by Gasteiger charge is 2.29. The van der Waals surface area contributed by atoms with E-state index in [0.29, 0.717) is 19.6 Å². The van der Waals surface area contributed by atoms with Crippen LogP contribution in [0, 0.1) is 18.8 Å². The quantitative estimate of drug-likeness (QED) is 0.855. The number of amides is 2. The van der Waals surface area contributed by atoms with Crippen LogP contribution in [0.25, 0.3) is 0 Å². The standard InChI is InChI=1S/C17H26N2O2S/c1-12(2)16(20)19-8-5-14(6-9-19)17(21)18(4)11-15-13(3)7-10-22-15/h7,10,12,14H,5-6,8-9,11H2,1-4H3. The predicted molar refractivity (Wildman–Crippen MR) is 89.7 cm³/mol.